The van der Waals surface area contributed by atoms with Gasteiger partial charge in [-0.25, -0.2) is 4.98 Å². The lowest BCUT2D eigenvalue weighted by atomic mass is 10.0. The maximum Gasteiger partial charge on any atom is 0.262 e. The third kappa shape index (κ3) is 3.91. The molecule has 1 N–H and O–H groups in total. The van der Waals surface area contributed by atoms with Gasteiger partial charge in [0, 0.05) is 4.88 Å². The van der Waals surface area contributed by atoms with Crippen LogP contribution in [0.3, 0.4) is 0 Å². The SMILES string of the molecule is Cc1c(-c2ccccc2)sc2ncn(CC(=O)NC(c3ccccc3)C3CC3)c(=O)c12. The largest absolute Gasteiger partial charge is 0.347 e. The summed E-state index contributed by atoms with van der Waals surface area (Å²) in [6.45, 7) is 1.92. The number of aromatic nitrogens is 2. The third-order valence-electron chi connectivity index (χ3n) is 5.84. The maximum absolute atomic E-state index is 13.2. The topological polar surface area (TPSA) is 64.0 Å². The fraction of sp³-hybridized carbons (Fsp3) is 0.240. The minimum absolute atomic E-state index is 0.00587. The number of carbonyl (C=O) groups is 1. The molecule has 2 heterocycles. The molecule has 0 saturated heterocycles. The van der Waals surface area contributed by atoms with Crippen molar-refractivity contribution in [1.29, 1.82) is 0 Å². The van der Waals surface area contributed by atoms with Crippen LogP contribution in [0.2, 0.25) is 0 Å². The lowest BCUT2D eigenvalue weighted by Gasteiger charge is -2.19. The van der Waals surface area contributed by atoms with E-state index in [1.807, 2.05) is 67.6 Å². The second-order valence-electron chi connectivity index (χ2n) is 8.07. The average molecular weight is 430 g/mol. The molecule has 1 fully saturated rings. The molecule has 1 unspecified atom stereocenters. The van der Waals surface area contributed by atoms with E-state index < -0.39 is 0 Å². The molecule has 0 aliphatic heterocycles. The number of nitrogens with zero attached hydrogens (tertiary/aromatic N) is 2. The number of fused-ring (bicyclic) bond motifs is 1. The number of thiophene rings is 1. The average Bonchev–Trinajstić information content (AvgIpc) is 3.58. The quantitative estimate of drug-likeness (QED) is 0.483. The first-order chi connectivity index (χ1) is 15.1. The Kier molecular flexibility index (Phi) is 5.16. The minimum atomic E-state index is -0.168. The van der Waals surface area contributed by atoms with Gasteiger partial charge in [0.2, 0.25) is 5.91 Å². The zero-order valence-corrected chi connectivity index (χ0v) is 18.1. The summed E-state index contributed by atoms with van der Waals surface area (Å²) in [5.74, 6) is 0.302. The van der Waals surface area contributed by atoms with Gasteiger partial charge in [0.25, 0.3) is 5.56 Å². The molecule has 1 amide bonds. The highest BCUT2D eigenvalue weighted by molar-refractivity contribution is 7.22. The first kappa shape index (κ1) is 19.7. The molecule has 6 heteroatoms. The van der Waals surface area contributed by atoms with E-state index in [9.17, 15) is 9.59 Å². The normalized spacial score (nSPS) is 14.5. The third-order valence-corrected chi connectivity index (χ3v) is 7.08. The number of nitrogens with one attached hydrogen (secondary N) is 1. The molecular weight excluding hydrogens is 406 g/mol. The fourth-order valence-electron chi connectivity index (χ4n) is 4.07. The van der Waals surface area contributed by atoms with Crippen LogP contribution in [-0.4, -0.2) is 15.5 Å². The Bertz CT molecular complexity index is 1290. The van der Waals surface area contributed by atoms with Crippen LogP contribution in [0.5, 0.6) is 0 Å². The Labute approximate surface area is 184 Å². The van der Waals surface area contributed by atoms with Crippen molar-refractivity contribution in [3.05, 3.63) is 88.5 Å². The molecule has 31 heavy (non-hydrogen) atoms. The minimum Gasteiger partial charge on any atom is -0.347 e. The predicted molar refractivity (Wildman–Crippen MR) is 124 cm³/mol. The van der Waals surface area contributed by atoms with Crippen LogP contribution in [0.1, 0.15) is 30.0 Å². The Balaban J connectivity index is 1.41. The Morgan fingerprint density at radius 1 is 1.13 bits per heavy atom. The highest BCUT2D eigenvalue weighted by Crippen LogP contribution is 2.41. The number of benzene rings is 2. The van der Waals surface area contributed by atoms with E-state index in [0.717, 1.165) is 34.4 Å². The van der Waals surface area contributed by atoms with E-state index in [4.69, 9.17) is 0 Å². The molecular formula is C25H23N3O2S. The molecule has 2 aromatic carbocycles. The predicted octanol–water partition coefficient (Wildman–Crippen LogP) is 4.70. The molecule has 156 valence electrons. The van der Waals surface area contributed by atoms with Gasteiger partial charge in [0.15, 0.2) is 0 Å². The van der Waals surface area contributed by atoms with Crippen molar-refractivity contribution >= 4 is 27.5 Å². The van der Waals surface area contributed by atoms with Gasteiger partial charge in [-0.2, -0.15) is 0 Å². The molecule has 0 bridgehead atoms. The molecule has 1 aliphatic rings. The van der Waals surface area contributed by atoms with E-state index in [0.29, 0.717) is 16.1 Å². The van der Waals surface area contributed by atoms with E-state index in [1.54, 1.807) is 0 Å². The lowest BCUT2D eigenvalue weighted by molar-refractivity contribution is -0.122. The molecule has 1 saturated carbocycles. The van der Waals surface area contributed by atoms with Crippen molar-refractivity contribution in [2.75, 3.05) is 0 Å². The zero-order valence-electron chi connectivity index (χ0n) is 17.2. The van der Waals surface area contributed by atoms with Crippen molar-refractivity contribution in [2.45, 2.75) is 32.4 Å². The van der Waals surface area contributed by atoms with E-state index in [2.05, 4.69) is 10.3 Å². The van der Waals surface area contributed by atoms with Gasteiger partial charge < -0.3 is 5.32 Å². The number of rotatable bonds is 6. The monoisotopic (exact) mass is 429 g/mol. The van der Waals surface area contributed by atoms with Gasteiger partial charge in [0.1, 0.15) is 11.4 Å². The van der Waals surface area contributed by atoms with Gasteiger partial charge >= 0.3 is 0 Å². The highest BCUT2D eigenvalue weighted by atomic mass is 32.1. The Morgan fingerprint density at radius 3 is 2.48 bits per heavy atom. The van der Waals surface area contributed by atoms with Crippen LogP contribution in [0, 0.1) is 12.8 Å². The molecule has 1 aliphatic carbocycles. The molecule has 2 aromatic heterocycles. The van der Waals surface area contributed by atoms with Crippen molar-refractivity contribution < 1.29 is 4.79 Å². The second-order valence-corrected chi connectivity index (χ2v) is 9.07. The zero-order chi connectivity index (χ0) is 21.4. The van der Waals surface area contributed by atoms with Gasteiger partial charge in [0.05, 0.1) is 17.8 Å². The summed E-state index contributed by atoms with van der Waals surface area (Å²) in [5, 5.41) is 3.74. The van der Waals surface area contributed by atoms with Crippen LogP contribution in [0.25, 0.3) is 20.7 Å². The highest BCUT2D eigenvalue weighted by Gasteiger charge is 2.33. The number of carbonyl (C=O) groups excluding carboxylic acids is 1. The second kappa shape index (κ2) is 8.12. The summed E-state index contributed by atoms with van der Waals surface area (Å²) in [5.41, 5.74) is 2.93. The van der Waals surface area contributed by atoms with Gasteiger partial charge in [-0.3, -0.25) is 14.2 Å². The summed E-state index contributed by atoms with van der Waals surface area (Å²) < 4.78 is 1.42. The smallest absolute Gasteiger partial charge is 0.262 e. The van der Waals surface area contributed by atoms with Gasteiger partial charge in [-0.1, -0.05) is 60.7 Å². The van der Waals surface area contributed by atoms with E-state index >= 15 is 0 Å². The van der Waals surface area contributed by atoms with Crippen molar-refractivity contribution in [3.63, 3.8) is 0 Å². The Hall–Kier alpha value is -3.25. The maximum atomic E-state index is 13.2. The van der Waals surface area contributed by atoms with Crippen molar-refractivity contribution in [2.24, 2.45) is 5.92 Å². The van der Waals surface area contributed by atoms with E-state index in [1.165, 1.54) is 22.2 Å². The Morgan fingerprint density at radius 2 is 1.81 bits per heavy atom. The number of amides is 1. The summed E-state index contributed by atoms with van der Waals surface area (Å²) in [6.07, 6.45) is 3.72. The summed E-state index contributed by atoms with van der Waals surface area (Å²) in [6, 6.07) is 20.0. The number of hydrogen-bond acceptors (Lipinski definition) is 4. The molecule has 5 nitrogen and oxygen atoms in total. The standard InChI is InChI=1S/C25H23N3O2S/c1-16-21-24(31-23(16)19-10-6-3-7-11-19)26-15-28(25(21)30)14-20(29)27-22(18-12-13-18)17-8-4-2-5-9-17/h2-11,15,18,22H,12-14H2,1H3,(H,27,29). The number of aryl methyl sites for hydroxylation is 1. The van der Waals surface area contributed by atoms with Crippen LogP contribution in [0.4, 0.5) is 0 Å². The molecule has 1 atom stereocenters. The van der Waals surface area contributed by atoms with Crippen LogP contribution in [0.15, 0.2) is 71.8 Å². The first-order valence-corrected chi connectivity index (χ1v) is 11.3. The summed E-state index contributed by atoms with van der Waals surface area (Å²) >= 11 is 1.51. The van der Waals surface area contributed by atoms with Crippen LogP contribution in [-0.2, 0) is 11.3 Å². The fourth-order valence-corrected chi connectivity index (χ4v) is 5.22. The van der Waals surface area contributed by atoms with E-state index in [-0.39, 0.29) is 24.1 Å². The molecule has 5 rings (SSSR count). The van der Waals surface area contributed by atoms with Crippen molar-refractivity contribution in [1.82, 2.24) is 14.9 Å². The molecule has 4 aromatic rings. The lowest BCUT2D eigenvalue weighted by Crippen LogP contribution is -2.35. The van der Waals surface area contributed by atoms with Crippen LogP contribution < -0.4 is 10.9 Å². The summed E-state index contributed by atoms with van der Waals surface area (Å²) in [7, 11) is 0. The number of hydrogen-bond donors (Lipinski definition) is 1. The van der Waals surface area contributed by atoms with Crippen molar-refractivity contribution in [3.8, 4) is 10.4 Å². The van der Waals surface area contributed by atoms with Crippen LogP contribution >= 0.6 is 11.3 Å². The first-order valence-electron chi connectivity index (χ1n) is 10.5. The molecule has 0 spiro atoms. The summed E-state index contributed by atoms with van der Waals surface area (Å²) in [4.78, 5) is 32.3. The molecule has 0 radical (unpaired) electrons. The van der Waals surface area contributed by atoms with Gasteiger partial charge in [-0.15, -0.1) is 11.3 Å². The van der Waals surface area contributed by atoms with Gasteiger partial charge in [-0.05, 0) is 42.4 Å².